The molecule has 36 heavy (non-hydrogen) atoms. The highest BCUT2D eigenvalue weighted by Gasteiger charge is 2.25. The number of phosphoric ester groups is 1. The number of nitrogens with two attached hydrogens (primary N) is 1. The van der Waals surface area contributed by atoms with Gasteiger partial charge in [0.2, 0.25) is 5.88 Å². The number of phosphoric acid groups is 1. The highest BCUT2D eigenvalue weighted by molar-refractivity contribution is 7.46. The Kier molecular flexibility index (Phi) is 7.73. The Balaban J connectivity index is 1.34. The first-order chi connectivity index (χ1) is 17.1. The van der Waals surface area contributed by atoms with Gasteiger partial charge < -0.3 is 29.7 Å². The molecule has 0 radical (unpaired) electrons. The molecule has 3 aromatic rings. The zero-order chi connectivity index (χ0) is 25.8. The van der Waals surface area contributed by atoms with Crippen LogP contribution in [0.25, 0.3) is 5.57 Å². The molecule has 0 spiro atoms. The van der Waals surface area contributed by atoms with Crippen LogP contribution in [0.1, 0.15) is 36.4 Å². The third-order valence-corrected chi connectivity index (χ3v) is 6.22. The number of ether oxygens (including phenoxy) is 1. The summed E-state index contributed by atoms with van der Waals surface area (Å²) < 4.78 is 27.0. The number of hydrogen-bond acceptors (Lipinski definition) is 8. The molecule has 1 aliphatic heterocycles. The number of aromatic nitrogens is 2. The fraction of sp³-hybridized carbons (Fsp3) is 0.280. The van der Waals surface area contributed by atoms with Gasteiger partial charge in [0.1, 0.15) is 12.9 Å². The molecule has 4 N–H and O–H groups in total. The molecule has 0 amide bonds. The van der Waals surface area contributed by atoms with E-state index < -0.39 is 14.0 Å². The number of hydrogen-bond donors (Lipinski definition) is 3. The second-order valence-corrected chi connectivity index (χ2v) is 10.3. The van der Waals surface area contributed by atoms with Crippen LogP contribution in [-0.2, 0) is 20.9 Å². The Hall–Kier alpha value is -3.27. The molecule has 1 aliphatic rings. The monoisotopic (exact) mass is 512 g/mol. The van der Waals surface area contributed by atoms with E-state index in [2.05, 4.69) is 40.6 Å². The summed E-state index contributed by atoms with van der Waals surface area (Å²) in [5.74, 6) is 1.01. The number of benzene rings is 1. The lowest BCUT2D eigenvalue weighted by atomic mass is 9.86. The average Bonchev–Trinajstić information content (AvgIpc) is 3.31. The maximum absolute atomic E-state index is 11.0. The van der Waals surface area contributed by atoms with Crippen LogP contribution in [0.3, 0.4) is 0 Å². The minimum atomic E-state index is -4.62. The third-order valence-electron chi connectivity index (χ3n) is 5.77. The van der Waals surface area contributed by atoms with Gasteiger partial charge in [0.05, 0.1) is 12.3 Å². The van der Waals surface area contributed by atoms with Crippen molar-refractivity contribution in [2.45, 2.75) is 31.8 Å². The lowest BCUT2D eigenvalue weighted by Gasteiger charge is -2.30. The zero-order valence-electron chi connectivity index (χ0n) is 20.0. The summed E-state index contributed by atoms with van der Waals surface area (Å²) in [7, 11) is -4.62. The van der Waals surface area contributed by atoms with Crippen molar-refractivity contribution in [2.75, 3.05) is 13.3 Å². The number of rotatable bonds is 10. The van der Waals surface area contributed by atoms with Crippen LogP contribution < -0.4 is 10.5 Å². The van der Waals surface area contributed by atoms with Crippen LogP contribution in [0, 0.1) is 0 Å². The zero-order valence-corrected chi connectivity index (χ0v) is 20.9. The van der Waals surface area contributed by atoms with E-state index in [1.54, 1.807) is 30.6 Å². The fourth-order valence-electron chi connectivity index (χ4n) is 3.69. The van der Waals surface area contributed by atoms with E-state index in [0.717, 1.165) is 5.56 Å². The minimum absolute atomic E-state index is 0.153. The lowest BCUT2D eigenvalue weighted by molar-refractivity contribution is 0.110. The van der Waals surface area contributed by atoms with Crippen molar-refractivity contribution in [3.63, 3.8) is 0 Å². The van der Waals surface area contributed by atoms with E-state index >= 15 is 0 Å². The molecule has 0 saturated carbocycles. The SMILES string of the molecule is CC(C)(COc1ccc(Cc2cc(C3=CC=CN(COP(=O)(O)O)C3N)on2)cn1)c1ccccc1. The molecule has 4 rings (SSSR count). The molecule has 10 nitrogen and oxygen atoms in total. The van der Waals surface area contributed by atoms with Crippen molar-refractivity contribution < 1.29 is 28.1 Å². The van der Waals surface area contributed by atoms with Crippen molar-refractivity contribution >= 4 is 13.4 Å². The first-order valence-corrected chi connectivity index (χ1v) is 12.8. The molecule has 0 aliphatic carbocycles. The largest absolute Gasteiger partial charge is 0.477 e. The molecule has 3 heterocycles. The van der Waals surface area contributed by atoms with Crippen molar-refractivity contribution in [3.8, 4) is 5.88 Å². The summed E-state index contributed by atoms with van der Waals surface area (Å²) in [5, 5.41) is 4.13. The Labute approximate surface area is 209 Å². The molecule has 0 fully saturated rings. The molecule has 190 valence electrons. The van der Waals surface area contributed by atoms with Crippen molar-refractivity contribution in [2.24, 2.45) is 5.73 Å². The predicted octanol–water partition coefficient (Wildman–Crippen LogP) is 3.58. The fourth-order valence-corrected chi connectivity index (χ4v) is 3.97. The van der Waals surface area contributed by atoms with Gasteiger partial charge in [0.15, 0.2) is 5.76 Å². The van der Waals surface area contributed by atoms with E-state index in [9.17, 15) is 4.57 Å². The highest BCUT2D eigenvalue weighted by Crippen LogP contribution is 2.36. The molecule has 0 saturated heterocycles. The molecular formula is C25H29N4O6P. The van der Waals surface area contributed by atoms with E-state index in [4.69, 9.17) is 24.8 Å². The molecule has 0 bridgehead atoms. The van der Waals surface area contributed by atoms with Crippen LogP contribution in [0.4, 0.5) is 0 Å². The number of nitrogens with zero attached hydrogens (tertiary/aromatic N) is 3. The molecule has 1 atom stereocenters. The van der Waals surface area contributed by atoms with E-state index in [-0.39, 0.29) is 12.1 Å². The Bertz CT molecular complexity index is 1270. The summed E-state index contributed by atoms with van der Waals surface area (Å²) in [6.45, 7) is 4.39. The Morgan fingerprint density at radius 2 is 1.97 bits per heavy atom. The molecule has 1 aromatic carbocycles. The summed E-state index contributed by atoms with van der Waals surface area (Å²) in [5.41, 5.74) is 9.49. The normalized spacial score (nSPS) is 16.2. The van der Waals surface area contributed by atoms with Gasteiger partial charge in [-0.2, -0.15) is 0 Å². The molecule has 11 heteroatoms. The van der Waals surface area contributed by atoms with Gasteiger partial charge in [-0.1, -0.05) is 61.5 Å². The second-order valence-electron chi connectivity index (χ2n) is 9.07. The molecular weight excluding hydrogens is 483 g/mol. The van der Waals surface area contributed by atoms with Crippen LogP contribution >= 0.6 is 7.82 Å². The van der Waals surface area contributed by atoms with Gasteiger partial charge in [-0.25, -0.2) is 9.55 Å². The quantitative estimate of drug-likeness (QED) is 0.345. The van der Waals surface area contributed by atoms with E-state index in [1.165, 1.54) is 10.5 Å². The maximum Gasteiger partial charge on any atom is 0.471 e. The van der Waals surface area contributed by atoms with Crippen molar-refractivity contribution in [1.29, 1.82) is 0 Å². The van der Waals surface area contributed by atoms with Crippen LogP contribution in [0.5, 0.6) is 5.88 Å². The predicted molar refractivity (Wildman–Crippen MR) is 133 cm³/mol. The lowest BCUT2D eigenvalue weighted by Crippen LogP contribution is -2.41. The summed E-state index contributed by atoms with van der Waals surface area (Å²) in [4.78, 5) is 23.7. The van der Waals surface area contributed by atoms with Crippen LogP contribution in [0.15, 0.2) is 77.6 Å². The smallest absolute Gasteiger partial charge is 0.471 e. The first kappa shape index (κ1) is 25.8. The molecule has 1 unspecified atom stereocenters. The van der Waals surface area contributed by atoms with Gasteiger partial charge in [0, 0.05) is 41.9 Å². The standard InChI is InChI=1S/C25H29N4O6P/c1-25(2,19-7-4-3-5-8-19)16-33-23-11-10-18(15-27-23)13-20-14-22(35-28-20)21-9-6-12-29(24(21)26)17-34-36(30,31)32/h3-12,14-15,24H,13,16-17,26H2,1-2H3,(H2,30,31,32). The van der Waals surface area contributed by atoms with Gasteiger partial charge >= 0.3 is 7.82 Å². The number of allylic oxidation sites excluding steroid dienone is 2. The number of pyridine rings is 1. The second kappa shape index (κ2) is 10.8. The van der Waals surface area contributed by atoms with Gasteiger partial charge in [-0.05, 0) is 17.2 Å². The van der Waals surface area contributed by atoms with Gasteiger partial charge in [-0.15, -0.1) is 0 Å². The summed E-state index contributed by atoms with van der Waals surface area (Å²) in [6.07, 6.45) is 6.54. The van der Waals surface area contributed by atoms with E-state index in [1.807, 2.05) is 30.3 Å². The third kappa shape index (κ3) is 6.69. The minimum Gasteiger partial charge on any atom is -0.477 e. The van der Waals surface area contributed by atoms with Crippen molar-refractivity contribution in [1.82, 2.24) is 15.0 Å². The van der Waals surface area contributed by atoms with Crippen molar-refractivity contribution in [3.05, 3.63) is 95.7 Å². The summed E-state index contributed by atoms with van der Waals surface area (Å²) >= 11 is 0. The van der Waals surface area contributed by atoms with Gasteiger partial charge in [-0.3, -0.25) is 4.52 Å². The Morgan fingerprint density at radius 1 is 1.19 bits per heavy atom. The average molecular weight is 513 g/mol. The maximum atomic E-state index is 11.0. The van der Waals surface area contributed by atoms with E-state index in [0.29, 0.717) is 35.9 Å². The van der Waals surface area contributed by atoms with Crippen LogP contribution in [0.2, 0.25) is 0 Å². The summed E-state index contributed by atoms with van der Waals surface area (Å²) in [6, 6.07) is 15.8. The highest BCUT2D eigenvalue weighted by atomic mass is 31.2. The van der Waals surface area contributed by atoms with Crippen LogP contribution in [-0.4, -0.2) is 44.3 Å². The molecule has 2 aromatic heterocycles. The first-order valence-electron chi connectivity index (χ1n) is 11.3. The topological polar surface area (TPSA) is 144 Å². The Morgan fingerprint density at radius 3 is 2.67 bits per heavy atom. The van der Waals surface area contributed by atoms with Gasteiger partial charge in [0.25, 0.3) is 0 Å².